The van der Waals surface area contributed by atoms with Gasteiger partial charge >= 0.3 is 6.09 Å². The summed E-state index contributed by atoms with van der Waals surface area (Å²) in [4.78, 5) is 53.6. The van der Waals surface area contributed by atoms with Crippen LogP contribution >= 0.6 is 0 Å². The summed E-state index contributed by atoms with van der Waals surface area (Å²) >= 11 is 0. The van der Waals surface area contributed by atoms with E-state index in [0.717, 1.165) is 11.1 Å². The molecule has 0 heterocycles. The molecule has 0 aliphatic carbocycles. The van der Waals surface area contributed by atoms with Crippen LogP contribution in [0.25, 0.3) is 0 Å². The van der Waals surface area contributed by atoms with Gasteiger partial charge in [0.25, 0.3) is 5.91 Å². The molecule has 0 spiro atoms. The smallest absolute Gasteiger partial charge is 0.408 e. The molecule has 0 aromatic heterocycles. The molecule has 212 valence electrons. The average Bonchev–Trinajstić information content (AvgIpc) is 2.81. The molecule has 2 aromatic carbocycles. The van der Waals surface area contributed by atoms with Gasteiger partial charge in [-0.15, -0.1) is 0 Å². The first-order valence-corrected chi connectivity index (χ1v) is 12.9. The number of benzene rings is 2. The van der Waals surface area contributed by atoms with Crippen LogP contribution in [-0.4, -0.2) is 54.0 Å². The van der Waals surface area contributed by atoms with Crippen molar-refractivity contribution < 1.29 is 28.7 Å². The Morgan fingerprint density at radius 3 is 2.08 bits per heavy atom. The molecular weight excluding hydrogens is 500 g/mol. The minimum atomic E-state index is -1.33. The highest BCUT2D eigenvalue weighted by Crippen LogP contribution is 2.27. The maximum absolute atomic E-state index is 13.9. The van der Waals surface area contributed by atoms with Gasteiger partial charge in [0.15, 0.2) is 0 Å². The van der Waals surface area contributed by atoms with E-state index < -0.39 is 47.9 Å². The fraction of sp³-hybridized carbons (Fsp3) is 0.448. The summed E-state index contributed by atoms with van der Waals surface area (Å²) in [6, 6.07) is 10.1. The summed E-state index contributed by atoms with van der Waals surface area (Å²) in [5.74, 6) is -1.24. The predicted octanol–water partition coefficient (Wildman–Crippen LogP) is 4.00. The molecule has 2 rings (SSSR count). The Balaban J connectivity index is 2.53. The van der Waals surface area contributed by atoms with Gasteiger partial charge in [0.05, 0.1) is 13.5 Å². The van der Waals surface area contributed by atoms with E-state index in [4.69, 9.17) is 15.2 Å². The molecule has 10 nitrogen and oxygen atoms in total. The van der Waals surface area contributed by atoms with Crippen LogP contribution in [0.2, 0.25) is 0 Å². The van der Waals surface area contributed by atoms with Gasteiger partial charge in [0.2, 0.25) is 11.8 Å². The number of alkyl carbamates (subject to hydrolysis) is 1. The van der Waals surface area contributed by atoms with Crippen LogP contribution in [0.5, 0.6) is 5.75 Å². The van der Waals surface area contributed by atoms with Gasteiger partial charge in [0.1, 0.15) is 23.4 Å². The first-order valence-electron chi connectivity index (χ1n) is 12.9. The van der Waals surface area contributed by atoms with Crippen molar-refractivity contribution in [3.05, 3.63) is 59.2 Å². The van der Waals surface area contributed by atoms with Crippen LogP contribution in [-0.2, 0) is 19.1 Å². The lowest BCUT2D eigenvalue weighted by Crippen LogP contribution is -2.53. The topological polar surface area (TPSA) is 140 Å². The monoisotopic (exact) mass is 540 g/mol. The standard InChI is InChI=1S/C29H40N4O6/c1-8-13-33(27(36)23(17-24(30)34)32-28(37)39-29(4,5)6)25(20-15-18(2)14-19(3)16-20)26(35)31-21-9-11-22(38-7)12-10-21/h9-12,14-16,23,25H,8,13,17H2,1-7H3,(H2,30,34)(H,31,35)(H,32,37). The molecule has 2 unspecified atom stereocenters. The number of hydrogen-bond donors (Lipinski definition) is 3. The lowest BCUT2D eigenvalue weighted by molar-refractivity contribution is -0.141. The van der Waals surface area contributed by atoms with Crippen molar-refractivity contribution in [1.29, 1.82) is 0 Å². The molecule has 4 amide bonds. The number of nitrogens with zero attached hydrogens (tertiary/aromatic N) is 1. The Kier molecular flexibility index (Phi) is 10.9. The SMILES string of the molecule is CCCN(C(=O)C(CC(N)=O)NC(=O)OC(C)(C)C)C(C(=O)Nc1ccc(OC)cc1)c1cc(C)cc(C)c1. The average molecular weight is 541 g/mol. The number of hydrogen-bond acceptors (Lipinski definition) is 6. The van der Waals surface area contributed by atoms with Crippen LogP contribution in [0, 0.1) is 13.8 Å². The zero-order chi connectivity index (χ0) is 29.3. The molecule has 0 aliphatic heterocycles. The molecule has 0 saturated carbocycles. The van der Waals surface area contributed by atoms with E-state index in [1.165, 1.54) is 4.90 Å². The van der Waals surface area contributed by atoms with Gasteiger partial charge in [-0.25, -0.2) is 4.79 Å². The van der Waals surface area contributed by atoms with Gasteiger partial charge in [-0.05, 0) is 70.9 Å². The second-order valence-electron chi connectivity index (χ2n) is 10.4. The predicted molar refractivity (Wildman–Crippen MR) is 149 cm³/mol. The zero-order valence-corrected chi connectivity index (χ0v) is 23.8. The van der Waals surface area contributed by atoms with Crippen LogP contribution in [0.3, 0.4) is 0 Å². The number of carbonyl (C=O) groups is 4. The number of nitrogens with two attached hydrogens (primary N) is 1. The fourth-order valence-corrected chi connectivity index (χ4v) is 4.18. The molecule has 0 aliphatic rings. The first-order chi connectivity index (χ1) is 18.2. The molecule has 10 heteroatoms. The van der Waals surface area contributed by atoms with E-state index in [1.54, 1.807) is 52.1 Å². The number of carbonyl (C=O) groups excluding carboxylic acids is 4. The van der Waals surface area contributed by atoms with Gasteiger partial charge in [-0.3, -0.25) is 14.4 Å². The Labute approximate surface area is 230 Å². The van der Waals surface area contributed by atoms with Crippen LogP contribution < -0.4 is 21.1 Å². The minimum absolute atomic E-state index is 0.178. The highest BCUT2D eigenvalue weighted by atomic mass is 16.6. The lowest BCUT2D eigenvalue weighted by Gasteiger charge is -2.34. The molecule has 0 fully saturated rings. The van der Waals surface area contributed by atoms with Crippen molar-refractivity contribution in [3.63, 3.8) is 0 Å². The zero-order valence-electron chi connectivity index (χ0n) is 23.8. The Bertz CT molecular complexity index is 1150. The summed E-state index contributed by atoms with van der Waals surface area (Å²) in [7, 11) is 1.55. The van der Waals surface area contributed by atoms with Crippen LogP contribution in [0.15, 0.2) is 42.5 Å². The van der Waals surface area contributed by atoms with Crippen molar-refractivity contribution in [2.75, 3.05) is 19.0 Å². The highest BCUT2D eigenvalue weighted by molar-refractivity contribution is 5.99. The molecule has 39 heavy (non-hydrogen) atoms. The summed E-state index contributed by atoms with van der Waals surface area (Å²) in [6.45, 7) is 10.9. The van der Waals surface area contributed by atoms with Crippen molar-refractivity contribution in [3.8, 4) is 5.75 Å². The van der Waals surface area contributed by atoms with Gasteiger partial charge in [-0.1, -0.05) is 36.2 Å². The molecule has 2 atom stereocenters. The summed E-state index contributed by atoms with van der Waals surface area (Å²) < 4.78 is 10.5. The molecule has 4 N–H and O–H groups in total. The molecule has 0 bridgehead atoms. The van der Waals surface area contributed by atoms with Gasteiger partial charge < -0.3 is 30.7 Å². The van der Waals surface area contributed by atoms with Crippen LogP contribution in [0.4, 0.5) is 10.5 Å². The van der Waals surface area contributed by atoms with E-state index in [1.807, 2.05) is 39.0 Å². The van der Waals surface area contributed by atoms with Crippen molar-refractivity contribution in [2.45, 2.75) is 72.1 Å². The number of nitrogens with one attached hydrogen (secondary N) is 2. The van der Waals surface area contributed by atoms with E-state index in [-0.39, 0.29) is 6.54 Å². The number of rotatable bonds is 11. The normalized spacial score (nSPS) is 12.6. The van der Waals surface area contributed by atoms with E-state index in [9.17, 15) is 19.2 Å². The number of anilines is 1. The van der Waals surface area contributed by atoms with Gasteiger partial charge in [-0.2, -0.15) is 0 Å². The number of ether oxygens (including phenoxy) is 2. The largest absolute Gasteiger partial charge is 0.497 e. The summed E-state index contributed by atoms with van der Waals surface area (Å²) in [5.41, 5.74) is 7.54. The van der Waals surface area contributed by atoms with Crippen molar-refractivity contribution in [1.82, 2.24) is 10.2 Å². The highest BCUT2D eigenvalue weighted by Gasteiger charge is 2.37. The summed E-state index contributed by atoms with van der Waals surface area (Å²) in [6.07, 6.45) is -0.819. The third-order valence-corrected chi connectivity index (χ3v) is 5.62. The van der Waals surface area contributed by atoms with Crippen LogP contribution in [0.1, 0.15) is 63.3 Å². The number of aryl methyl sites for hydroxylation is 2. The fourth-order valence-electron chi connectivity index (χ4n) is 4.18. The number of primary amides is 1. The maximum atomic E-state index is 13.9. The van der Waals surface area contributed by atoms with E-state index in [0.29, 0.717) is 23.4 Å². The Hall–Kier alpha value is -4.08. The number of methoxy groups -OCH3 is 1. The second kappa shape index (κ2) is 13.6. The number of amides is 4. The van der Waals surface area contributed by atoms with Crippen molar-refractivity contribution in [2.24, 2.45) is 5.73 Å². The molecule has 0 saturated heterocycles. The minimum Gasteiger partial charge on any atom is -0.497 e. The first kappa shape index (κ1) is 31.1. The Morgan fingerprint density at radius 1 is 1.00 bits per heavy atom. The third kappa shape index (κ3) is 9.63. The van der Waals surface area contributed by atoms with E-state index >= 15 is 0 Å². The lowest BCUT2D eigenvalue weighted by atomic mass is 9.98. The molecule has 2 aromatic rings. The van der Waals surface area contributed by atoms with Crippen molar-refractivity contribution >= 4 is 29.5 Å². The van der Waals surface area contributed by atoms with Gasteiger partial charge in [0, 0.05) is 12.2 Å². The summed E-state index contributed by atoms with van der Waals surface area (Å²) in [5, 5.41) is 5.36. The Morgan fingerprint density at radius 2 is 1.59 bits per heavy atom. The third-order valence-electron chi connectivity index (χ3n) is 5.62. The maximum Gasteiger partial charge on any atom is 0.408 e. The molecule has 0 radical (unpaired) electrons. The second-order valence-corrected chi connectivity index (χ2v) is 10.4. The van der Waals surface area contributed by atoms with E-state index in [2.05, 4.69) is 10.6 Å². The quantitative estimate of drug-likeness (QED) is 0.394. The molecular formula is C29H40N4O6.